The van der Waals surface area contributed by atoms with Crippen LogP contribution in [0.25, 0.3) is 0 Å². The fourth-order valence-electron chi connectivity index (χ4n) is 4.09. The summed E-state index contributed by atoms with van der Waals surface area (Å²) >= 11 is 0. The van der Waals surface area contributed by atoms with Crippen molar-refractivity contribution in [2.45, 2.75) is 58.0 Å². The van der Waals surface area contributed by atoms with Crippen molar-refractivity contribution in [3.05, 3.63) is 0 Å². The van der Waals surface area contributed by atoms with E-state index >= 15 is 0 Å². The number of halogens is 6. The van der Waals surface area contributed by atoms with Crippen LogP contribution in [0, 0.1) is 29.1 Å². The number of hydrogen-bond acceptors (Lipinski definition) is 3. The van der Waals surface area contributed by atoms with Crippen molar-refractivity contribution in [2.24, 2.45) is 29.1 Å². The summed E-state index contributed by atoms with van der Waals surface area (Å²) in [6.45, 7) is 4.94. The molecule has 0 aromatic carbocycles. The van der Waals surface area contributed by atoms with Crippen molar-refractivity contribution >= 4 is 5.97 Å². The molecule has 2 bridgehead atoms. The minimum Gasteiger partial charge on any atom is -0.465 e. The maximum atomic E-state index is 13.0. The Kier molecular flexibility index (Phi) is 4.90. The maximum absolute atomic E-state index is 13.0. The van der Waals surface area contributed by atoms with Gasteiger partial charge in [-0.05, 0) is 57.8 Å². The molecule has 2 saturated carbocycles. The van der Waals surface area contributed by atoms with Gasteiger partial charge in [0.1, 0.15) is 0 Å². The van der Waals surface area contributed by atoms with Crippen molar-refractivity contribution in [1.29, 1.82) is 0 Å². The number of alkyl halides is 6. The van der Waals surface area contributed by atoms with E-state index in [4.69, 9.17) is 4.74 Å². The summed E-state index contributed by atoms with van der Waals surface area (Å²) in [4.78, 5) is 11.8. The van der Waals surface area contributed by atoms with Gasteiger partial charge < -0.3 is 9.84 Å². The molecule has 4 unspecified atom stereocenters. The number of hydrogen-bond donors (Lipinski definition) is 1. The Bertz CT molecular complexity index is 505. The van der Waals surface area contributed by atoms with E-state index in [1.165, 1.54) is 0 Å². The van der Waals surface area contributed by atoms with Gasteiger partial charge in [-0.2, -0.15) is 26.3 Å². The van der Waals surface area contributed by atoms with E-state index in [1.54, 1.807) is 20.8 Å². The second kappa shape index (κ2) is 6.03. The smallest absolute Gasteiger partial charge is 0.426 e. The highest BCUT2D eigenvalue weighted by Crippen LogP contribution is 2.61. The molecule has 0 spiro atoms. The maximum Gasteiger partial charge on any atom is 0.426 e. The van der Waals surface area contributed by atoms with E-state index in [1.807, 2.05) is 0 Å². The standard InChI is InChI=1S/C16H22F6O3/c1-13(2,3)12(23)25-7-10-5-9-4-8(10)6-11(9)14(24,15(17,18)19)16(20,21)22/h8-11,24H,4-7H2,1-3H3. The molecule has 2 rings (SSSR count). The van der Waals surface area contributed by atoms with Crippen LogP contribution in [0.4, 0.5) is 26.3 Å². The average molecular weight is 376 g/mol. The van der Waals surface area contributed by atoms with Gasteiger partial charge >= 0.3 is 18.3 Å². The molecule has 2 fully saturated rings. The molecule has 2 aliphatic rings. The van der Waals surface area contributed by atoms with E-state index < -0.39 is 47.1 Å². The van der Waals surface area contributed by atoms with Gasteiger partial charge in [-0.15, -0.1) is 0 Å². The first kappa shape index (κ1) is 20.3. The highest BCUT2D eigenvalue weighted by Gasteiger charge is 2.76. The Morgan fingerprint density at radius 3 is 1.84 bits per heavy atom. The summed E-state index contributed by atoms with van der Waals surface area (Å²) in [5, 5.41) is 9.58. The molecule has 0 heterocycles. The summed E-state index contributed by atoms with van der Waals surface area (Å²) < 4.78 is 83.3. The van der Waals surface area contributed by atoms with Crippen molar-refractivity contribution in [3.63, 3.8) is 0 Å². The van der Waals surface area contributed by atoms with Gasteiger partial charge in [0, 0.05) is 5.92 Å². The molecule has 25 heavy (non-hydrogen) atoms. The monoisotopic (exact) mass is 376 g/mol. The molecular weight excluding hydrogens is 354 g/mol. The van der Waals surface area contributed by atoms with Crippen molar-refractivity contribution in [3.8, 4) is 0 Å². The molecule has 0 amide bonds. The highest BCUT2D eigenvalue weighted by molar-refractivity contribution is 5.75. The molecule has 9 heteroatoms. The summed E-state index contributed by atoms with van der Waals surface area (Å²) in [5.74, 6) is -3.95. The predicted octanol–water partition coefficient (Wildman–Crippen LogP) is 4.09. The first-order chi connectivity index (χ1) is 11.1. The lowest BCUT2D eigenvalue weighted by molar-refractivity contribution is -0.389. The van der Waals surface area contributed by atoms with Crippen LogP contribution < -0.4 is 0 Å². The normalized spacial score (nSPS) is 30.6. The van der Waals surface area contributed by atoms with Gasteiger partial charge in [0.15, 0.2) is 0 Å². The van der Waals surface area contributed by atoms with Crippen LogP contribution in [0.5, 0.6) is 0 Å². The number of rotatable bonds is 3. The molecule has 0 aromatic heterocycles. The number of carbonyl (C=O) groups excluding carboxylic acids is 1. The molecule has 0 aliphatic heterocycles. The Hall–Kier alpha value is -0.990. The topological polar surface area (TPSA) is 46.5 Å². The zero-order valence-electron chi connectivity index (χ0n) is 14.2. The van der Waals surface area contributed by atoms with E-state index in [-0.39, 0.29) is 31.8 Å². The molecule has 146 valence electrons. The highest BCUT2D eigenvalue weighted by atomic mass is 19.4. The third-order valence-electron chi connectivity index (χ3n) is 5.45. The zero-order valence-corrected chi connectivity index (χ0v) is 14.2. The molecule has 4 atom stereocenters. The fourth-order valence-corrected chi connectivity index (χ4v) is 4.09. The third-order valence-corrected chi connectivity index (χ3v) is 5.45. The van der Waals surface area contributed by atoms with Crippen LogP contribution in [0.1, 0.15) is 40.0 Å². The zero-order chi connectivity index (χ0) is 19.4. The molecule has 0 aromatic rings. The minimum atomic E-state index is -5.78. The van der Waals surface area contributed by atoms with E-state index in [0.717, 1.165) is 0 Å². The predicted molar refractivity (Wildman–Crippen MR) is 75.3 cm³/mol. The van der Waals surface area contributed by atoms with Crippen LogP contribution >= 0.6 is 0 Å². The Labute approximate surface area is 141 Å². The lowest BCUT2D eigenvalue weighted by atomic mass is 9.72. The van der Waals surface area contributed by atoms with E-state index in [9.17, 15) is 36.2 Å². The second-order valence-electron chi connectivity index (χ2n) is 8.20. The summed E-state index contributed by atoms with van der Waals surface area (Å²) in [6, 6.07) is 0. The number of fused-ring (bicyclic) bond motifs is 2. The SMILES string of the molecule is CC(C)(C)C(=O)OCC1CC2CC1CC2C(O)(C(F)(F)F)C(F)(F)F. The molecule has 1 N–H and O–H groups in total. The quantitative estimate of drug-likeness (QED) is 0.596. The van der Waals surface area contributed by atoms with Gasteiger partial charge in [0.25, 0.3) is 5.60 Å². The first-order valence-corrected chi connectivity index (χ1v) is 8.12. The largest absolute Gasteiger partial charge is 0.465 e. The third kappa shape index (κ3) is 3.48. The Balaban J connectivity index is 2.07. The lowest BCUT2D eigenvalue weighted by Crippen LogP contribution is -2.63. The molecule has 0 saturated heterocycles. The summed E-state index contributed by atoms with van der Waals surface area (Å²) in [5.41, 5.74) is -5.42. The second-order valence-corrected chi connectivity index (χ2v) is 8.20. The number of aliphatic hydroxyl groups is 1. The van der Waals surface area contributed by atoms with Gasteiger partial charge in [-0.1, -0.05) is 0 Å². The van der Waals surface area contributed by atoms with Crippen molar-refractivity contribution in [1.82, 2.24) is 0 Å². The van der Waals surface area contributed by atoms with Crippen LogP contribution in [-0.4, -0.2) is 35.6 Å². The molecule has 2 aliphatic carbocycles. The van der Waals surface area contributed by atoms with Crippen LogP contribution in [0.2, 0.25) is 0 Å². The average Bonchev–Trinajstić information content (AvgIpc) is 2.99. The molecule has 0 radical (unpaired) electrons. The van der Waals surface area contributed by atoms with Crippen molar-refractivity contribution in [2.75, 3.05) is 6.61 Å². The van der Waals surface area contributed by atoms with Gasteiger partial charge in [0.05, 0.1) is 12.0 Å². The number of carbonyl (C=O) groups is 1. The van der Waals surface area contributed by atoms with Crippen LogP contribution in [0.3, 0.4) is 0 Å². The molecular formula is C16H22F6O3. The van der Waals surface area contributed by atoms with Gasteiger partial charge in [-0.3, -0.25) is 4.79 Å². The van der Waals surface area contributed by atoms with E-state index in [0.29, 0.717) is 0 Å². The minimum absolute atomic E-state index is 0.0134. The number of esters is 1. The van der Waals surface area contributed by atoms with Crippen LogP contribution in [0.15, 0.2) is 0 Å². The Morgan fingerprint density at radius 1 is 0.960 bits per heavy atom. The molecule has 3 nitrogen and oxygen atoms in total. The number of ether oxygens (including phenoxy) is 1. The summed E-state index contributed by atoms with van der Waals surface area (Å²) in [6.07, 6.45) is -11.7. The fraction of sp³-hybridized carbons (Fsp3) is 0.938. The van der Waals surface area contributed by atoms with Crippen molar-refractivity contribution < 1.29 is 41.0 Å². The Morgan fingerprint density at radius 2 is 1.48 bits per heavy atom. The van der Waals surface area contributed by atoms with E-state index in [2.05, 4.69) is 0 Å². The summed E-state index contributed by atoms with van der Waals surface area (Å²) in [7, 11) is 0. The van der Waals surface area contributed by atoms with Gasteiger partial charge in [-0.25, -0.2) is 0 Å². The van der Waals surface area contributed by atoms with Gasteiger partial charge in [0.2, 0.25) is 0 Å². The first-order valence-electron chi connectivity index (χ1n) is 8.12. The van der Waals surface area contributed by atoms with Crippen LogP contribution in [-0.2, 0) is 9.53 Å². The lowest BCUT2D eigenvalue weighted by Gasteiger charge is -2.41.